The molecule has 0 saturated carbocycles. The Morgan fingerprint density at radius 1 is 1.08 bits per heavy atom. The fraction of sp³-hybridized carbons (Fsp3) is 0.150. The van der Waals surface area contributed by atoms with E-state index in [9.17, 15) is 4.79 Å². The van der Waals surface area contributed by atoms with Crippen LogP contribution in [0.1, 0.15) is 21.6 Å². The molecule has 0 bridgehead atoms. The smallest absolute Gasteiger partial charge is 0.262 e. The molecule has 0 spiro atoms. The molecule has 0 aliphatic carbocycles. The minimum Gasteiger partial charge on any atom is -0.496 e. The maximum Gasteiger partial charge on any atom is 0.262 e. The minimum atomic E-state index is -0.0460. The summed E-state index contributed by atoms with van der Waals surface area (Å²) >= 11 is 2.22. The van der Waals surface area contributed by atoms with Crippen LogP contribution >= 0.6 is 22.6 Å². The molecule has 25 heavy (non-hydrogen) atoms. The lowest BCUT2D eigenvalue weighted by Crippen LogP contribution is -2.31. The van der Waals surface area contributed by atoms with Crippen molar-refractivity contribution in [3.05, 3.63) is 81.2 Å². The molecular weight excluding hydrogens is 427 g/mol. The Hall–Kier alpha value is -2.28. The summed E-state index contributed by atoms with van der Waals surface area (Å²) in [5.41, 5.74) is 3.79. The van der Waals surface area contributed by atoms with Gasteiger partial charge in [0.05, 0.1) is 19.2 Å². The summed E-state index contributed by atoms with van der Waals surface area (Å²) in [6, 6.07) is 17.8. The molecule has 0 fully saturated rings. The van der Waals surface area contributed by atoms with Gasteiger partial charge in [0, 0.05) is 27.7 Å². The number of hydrogen-bond acceptors (Lipinski definition) is 2. The van der Waals surface area contributed by atoms with Crippen LogP contribution in [0.2, 0.25) is 0 Å². The van der Waals surface area contributed by atoms with E-state index in [1.54, 1.807) is 7.11 Å². The van der Waals surface area contributed by atoms with Crippen molar-refractivity contribution in [3.63, 3.8) is 0 Å². The van der Waals surface area contributed by atoms with Crippen LogP contribution in [-0.2, 0) is 13.1 Å². The number of anilines is 1. The number of rotatable bonds is 2. The van der Waals surface area contributed by atoms with Gasteiger partial charge < -0.3 is 14.2 Å². The van der Waals surface area contributed by atoms with Gasteiger partial charge in [0.2, 0.25) is 0 Å². The topological polar surface area (TPSA) is 34.5 Å². The third-order valence-electron chi connectivity index (χ3n) is 4.51. The van der Waals surface area contributed by atoms with Crippen LogP contribution in [0.3, 0.4) is 0 Å². The fourth-order valence-corrected chi connectivity index (χ4v) is 3.72. The number of ether oxygens (including phenoxy) is 1. The highest BCUT2D eigenvalue weighted by Crippen LogP contribution is 2.31. The predicted octanol–water partition coefficient (Wildman–Crippen LogP) is 4.31. The number of aromatic nitrogens is 1. The van der Waals surface area contributed by atoms with Crippen LogP contribution in [0, 0.1) is 3.57 Å². The van der Waals surface area contributed by atoms with Crippen LogP contribution in [0.25, 0.3) is 0 Å². The van der Waals surface area contributed by atoms with Gasteiger partial charge in [-0.05, 0) is 64.6 Å². The van der Waals surface area contributed by atoms with Crippen molar-refractivity contribution in [1.29, 1.82) is 0 Å². The number of nitrogens with zero attached hydrogens (tertiary/aromatic N) is 2. The van der Waals surface area contributed by atoms with Gasteiger partial charge in [-0.2, -0.15) is 0 Å². The summed E-state index contributed by atoms with van der Waals surface area (Å²) in [6.07, 6.45) is 2.06. The lowest BCUT2D eigenvalue weighted by Gasteiger charge is -2.23. The van der Waals surface area contributed by atoms with Crippen LogP contribution < -0.4 is 9.64 Å². The van der Waals surface area contributed by atoms with Crippen LogP contribution in [0.4, 0.5) is 5.69 Å². The molecule has 1 aliphatic heterocycles. The van der Waals surface area contributed by atoms with E-state index < -0.39 is 0 Å². The van der Waals surface area contributed by atoms with E-state index in [1.165, 1.54) is 0 Å². The first-order valence-electron chi connectivity index (χ1n) is 8.04. The van der Waals surface area contributed by atoms with Crippen LogP contribution in [-0.4, -0.2) is 17.6 Å². The number of carbonyl (C=O) groups excluding carboxylic acids is 1. The molecule has 5 heteroatoms. The van der Waals surface area contributed by atoms with Gasteiger partial charge in [0.1, 0.15) is 5.75 Å². The first-order valence-corrected chi connectivity index (χ1v) is 9.12. The summed E-state index contributed by atoms with van der Waals surface area (Å²) in [4.78, 5) is 15.2. The van der Waals surface area contributed by atoms with Gasteiger partial charge in [-0.25, -0.2) is 0 Å². The number of halogens is 1. The number of fused-ring (bicyclic) bond motifs is 2. The lowest BCUT2D eigenvalue weighted by atomic mass is 10.1. The highest BCUT2D eigenvalue weighted by molar-refractivity contribution is 14.1. The predicted molar refractivity (Wildman–Crippen MR) is 106 cm³/mol. The molecule has 2 aromatic carbocycles. The maximum absolute atomic E-state index is 13.4. The van der Waals surface area contributed by atoms with E-state index in [2.05, 4.69) is 45.5 Å². The van der Waals surface area contributed by atoms with Crippen molar-refractivity contribution in [3.8, 4) is 5.75 Å². The van der Waals surface area contributed by atoms with E-state index in [-0.39, 0.29) is 5.91 Å². The SMILES string of the molecule is COc1cc(I)ccc1C(=O)N1Cc2cccn2Cc2ccccc21. The molecule has 1 aliphatic rings. The van der Waals surface area contributed by atoms with Crippen molar-refractivity contribution >= 4 is 34.2 Å². The zero-order chi connectivity index (χ0) is 17.4. The van der Waals surface area contributed by atoms with Gasteiger partial charge in [-0.1, -0.05) is 18.2 Å². The Bertz CT molecular complexity index is 948. The van der Waals surface area contributed by atoms with E-state index in [0.29, 0.717) is 17.9 Å². The summed E-state index contributed by atoms with van der Waals surface area (Å²) in [5.74, 6) is 0.560. The summed E-state index contributed by atoms with van der Waals surface area (Å²) < 4.78 is 8.68. The standard InChI is InChI=1S/C20H17IN2O2/c1-25-19-11-15(21)8-9-17(19)20(24)23-13-16-6-4-10-22(16)12-14-5-2-3-7-18(14)23/h2-11H,12-13H2,1H3. The Labute approximate surface area is 160 Å². The molecule has 3 aromatic rings. The van der Waals surface area contributed by atoms with Crippen molar-refractivity contribution < 1.29 is 9.53 Å². The zero-order valence-corrected chi connectivity index (χ0v) is 15.9. The quantitative estimate of drug-likeness (QED) is 0.553. The third kappa shape index (κ3) is 2.93. The van der Waals surface area contributed by atoms with E-state index in [0.717, 1.165) is 27.1 Å². The normalized spacial score (nSPS) is 13.0. The average Bonchev–Trinajstić information content (AvgIpc) is 3.00. The van der Waals surface area contributed by atoms with Crippen molar-refractivity contribution in [2.45, 2.75) is 13.1 Å². The minimum absolute atomic E-state index is 0.0460. The maximum atomic E-state index is 13.4. The highest BCUT2D eigenvalue weighted by Gasteiger charge is 2.26. The monoisotopic (exact) mass is 444 g/mol. The van der Waals surface area contributed by atoms with Gasteiger partial charge in [-0.3, -0.25) is 4.79 Å². The molecule has 0 unspecified atom stereocenters. The van der Waals surface area contributed by atoms with E-state index in [1.807, 2.05) is 47.4 Å². The molecule has 0 saturated heterocycles. The summed E-state index contributed by atoms with van der Waals surface area (Å²) in [7, 11) is 1.60. The number of carbonyl (C=O) groups is 1. The van der Waals surface area contributed by atoms with Crippen molar-refractivity contribution in [1.82, 2.24) is 4.57 Å². The number of benzene rings is 2. The number of methoxy groups -OCH3 is 1. The van der Waals surface area contributed by atoms with Crippen molar-refractivity contribution in [2.75, 3.05) is 12.0 Å². The molecular formula is C20H17IN2O2. The molecule has 4 rings (SSSR count). The fourth-order valence-electron chi connectivity index (χ4n) is 3.25. The highest BCUT2D eigenvalue weighted by atomic mass is 127. The lowest BCUT2D eigenvalue weighted by molar-refractivity contribution is 0.0982. The molecule has 1 aromatic heterocycles. The first-order chi connectivity index (χ1) is 12.2. The number of para-hydroxylation sites is 1. The molecule has 0 atom stereocenters. The van der Waals surface area contributed by atoms with Crippen LogP contribution in [0.5, 0.6) is 5.75 Å². The molecule has 0 radical (unpaired) electrons. The first kappa shape index (κ1) is 16.2. The Morgan fingerprint density at radius 2 is 1.92 bits per heavy atom. The summed E-state index contributed by atoms with van der Waals surface area (Å²) in [6.45, 7) is 1.31. The third-order valence-corrected chi connectivity index (χ3v) is 5.18. The molecule has 126 valence electrons. The molecule has 0 N–H and O–H groups in total. The van der Waals surface area contributed by atoms with Gasteiger partial charge in [0.25, 0.3) is 5.91 Å². The van der Waals surface area contributed by atoms with Gasteiger partial charge in [-0.15, -0.1) is 0 Å². The number of hydrogen-bond donors (Lipinski definition) is 0. The van der Waals surface area contributed by atoms with Gasteiger partial charge in [0.15, 0.2) is 0 Å². The van der Waals surface area contributed by atoms with E-state index >= 15 is 0 Å². The summed E-state index contributed by atoms with van der Waals surface area (Å²) in [5, 5.41) is 0. The zero-order valence-electron chi connectivity index (χ0n) is 13.8. The Kier molecular flexibility index (Phi) is 4.25. The number of amides is 1. The molecule has 1 amide bonds. The second kappa shape index (κ2) is 6.55. The molecule has 4 nitrogen and oxygen atoms in total. The van der Waals surface area contributed by atoms with Crippen LogP contribution in [0.15, 0.2) is 60.8 Å². The van der Waals surface area contributed by atoms with Crippen molar-refractivity contribution in [2.24, 2.45) is 0 Å². The second-order valence-electron chi connectivity index (χ2n) is 5.99. The Balaban J connectivity index is 1.82. The average molecular weight is 444 g/mol. The molecule has 2 heterocycles. The second-order valence-corrected chi connectivity index (χ2v) is 7.24. The van der Waals surface area contributed by atoms with Gasteiger partial charge >= 0.3 is 0 Å². The largest absolute Gasteiger partial charge is 0.496 e. The Morgan fingerprint density at radius 3 is 2.76 bits per heavy atom. The van der Waals surface area contributed by atoms with E-state index in [4.69, 9.17) is 4.74 Å².